The highest BCUT2D eigenvalue weighted by atomic mass is 19.1. The molecule has 5 heteroatoms. The van der Waals surface area contributed by atoms with Crippen LogP contribution in [0, 0.1) is 12.7 Å². The summed E-state index contributed by atoms with van der Waals surface area (Å²) in [5.41, 5.74) is 1.33. The standard InChI is InChI=1S/C15H19FN2O2/c1-11-3-4-12(13(16)9-11)14-10-18-15(20-14)5-6-17-7-8-19-2/h3-4,9-10,17H,5-8H2,1-2H3. The van der Waals surface area contributed by atoms with Crippen molar-refractivity contribution in [2.24, 2.45) is 0 Å². The summed E-state index contributed by atoms with van der Waals surface area (Å²) in [7, 11) is 1.66. The van der Waals surface area contributed by atoms with Gasteiger partial charge in [0, 0.05) is 26.6 Å². The zero-order chi connectivity index (χ0) is 14.4. The lowest BCUT2D eigenvalue weighted by atomic mass is 10.1. The number of benzene rings is 1. The van der Waals surface area contributed by atoms with Gasteiger partial charge in [-0.05, 0) is 24.6 Å². The zero-order valence-corrected chi connectivity index (χ0v) is 11.8. The summed E-state index contributed by atoms with van der Waals surface area (Å²) in [5.74, 6) is 0.783. The highest BCUT2D eigenvalue weighted by molar-refractivity contribution is 5.57. The van der Waals surface area contributed by atoms with Crippen LogP contribution >= 0.6 is 0 Å². The minimum Gasteiger partial charge on any atom is -0.441 e. The predicted molar refractivity (Wildman–Crippen MR) is 75.1 cm³/mol. The SMILES string of the molecule is COCCNCCc1ncc(-c2ccc(C)cc2F)o1. The molecule has 1 N–H and O–H groups in total. The summed E-state index contributed by atoms with van der Waals surface area (Å²) >= 11 is 0. The van der Waals surface area contributed by atoms with Gasteiger partial charge in [0.15, 0.2) is 11.7 Å². The Bertz CT molecular complexity index is 555. The smallest absolute Gasteiger partial charge is 0.196 e. The van der Waals surface area contributed by atoms with Crippen LogP contribution in [0.1, 0.15) is 11.5 Å². The van der Waals surface area contributed by atoms with E-state index in [1.807, 2.05) is 13.0 Å². The van der Waals surface area contributed by atoms with E-state index in [-0.39, 0.29) is 5.82 Å². The molecule has 4 nitrogen and oxygen atoms in total. The van der Waals surface area contributed by atoms with Gasteiger partial charge in [0.1, 0.15) is 5.82 Å². The van der Waals surface area contributed by atoms with E-state index >= 15 is 0 Å². The van der Waals surface area contributed by atoms with Gasteiger partial charge in [0.25, 0.3) is 0 Å². The van der Waals surface area contributed by atoms with E-state index in [4.69, 9.17) is 9.15 Å². The molecule has 0 amide bonds. The Hall–Kier alpha value is -1.72. The van der Waals surface area contributed by atoms with Crippen LogP contribution in [0.4, 0.5) is 4.39 Å². The largest absolute Gasteiger partial charge is 0.441 e. The molecule has 0 aliphatic carbocycles. The monoisotopic (exact) mass is 278 g/mol. The van der Waals surface area contributed by atoms with Crippen molar-refractivity contribution in [3.05, 3.63) is 41.7 Å². The molecule has 2 rings (SSSR count). The van der Waals surface area contributed by atoms with Gasteiger partial charge in [-0.3, -0.25) is 0 Å². The molecule has 0 spiro atoms. The highest BCUT2D eigenvalue weighted by Gasteiger charge is 2.10. The number of rotatable bonds is 7. The summed E-state index contributed by atoms with van der Waals surface area (Å²) in [6.07, 6.45) is 2.23. The van der Waals surface area contributed by atoms with Crippen LogP contribution < -0.4 is 5.32 Å². The molecule has 0 saturated carbocycles. The van der Waals surface area contributed by atoms with Crippen molar-refractivity contribution in [3.63, 3.8) is 0 Å². The van der Waals surface area contributed by atoms with Gasteiger partial charge in [0.2, 0.25) is 0 Å². The van der Waals surface area contributed by atoms with Gasteiger partial charge in [0.05, 0.1) is 18.4 Å². The van der Waals surface area contributed by atoms with Crippen molar-refractivity contribution in [3.8, 4) is 11.3 Å². The number of nitrogens with one attached hydrogen (secondary N) is 1. The Kier molecular flexibility index (Phi) is 5.26. The number of hydrogen-bond acceptors (Lipinski definition) is 4. The van der Waals surface area contributed by atoms with Gasteiger partial charge in [-0.1, -0.05) is 6.07 Å². The number of ether oxygens (including phenoxy) is 1. The van der Waals surface area contributed by atoms with Crippen molar-refractivity contribution in [1.82, 2.24) is 10.3 Å². The Labute approximate surface area is 118 Å². The maximum Gasteiger partial charge on any atom is 0.196 e. The third-order valence-corrected chi connectivity index (χ3v) is 2.94. The molecule has 0 aliphatic heterocycles. The first-order valence-electron chi connectivity index (χ1n) is 6.61. The summed E-state index contributed by atoms with van der Waals surface area (Å²) < 4.78 is 24.3. The first-order chi connectivity index (χ1) is 9.70. The second kappa shape index (κ2) is 7.17. The van der Waals surface area contributed by atoms with Crippen molar-refractivity contribution in [2.45, 2.75) is 13.3 Å². The number of methoxy groups -OCH3 is 1. The molecule has 0 unspecified atom stereocenters. The van der Waals surface area contributed by atoms with Crippen molar-refractivity contribution >= 4 is 0 Å². The Balaban J connectivity index is 1.95. The molecule has 0 radical (unpaired) electrons. The number of aromatic nitrogens is 1. The Morgan fingerprint density at radius 2 is 2.20 bits per heavy atom. The topological polar surface area (TPSA) is 47.3 Å². The van der Waals surface area contributed by atoms with Crippen LogP contribution in [0.25, 0.3) is 11.3 Å². The first kappa shape index (κ1) is 14.7. The number of oxazole rings is 1. The molecule has 1 aromatic heterocycles. The molecule has 20 heavy (non-hydrogen) atoms. The van der Waals surface area contributed by atoms with Crippen molar-refractivity contribution < 1.29 is 13.5 Å². The van der Waals surface area contributed by atoms with E-state index < -0.39 is 0 Å². The van der Waals surface area contributed by atoms with Crippen LogP contribution in [0.15, 0.2) is 28.8 Å². The number of aryl methyl sites for hydroxylation is 1. The van der Waals surface area contributed by atoms with Gasteiger partial charge in [-0.2, -0.15) is 0 Å². The van der Waals surface area contributed by atoms with E-state index in [9.17, 15) is 4.39 Å². The molecule has 1 heterocycles. The van der Waals surface area contributed by atoms with E-state index in [0.29, 0.717) is 30.2 Å². The highest BCUT2D eigenvalue weighted by Crippen LogP contribution is 2.24. The van der Waals surface area contributed by atoms with Gasteiger partial charge < -0.3 is 14.5 Å². The second-order valence-electron chi connectivity index (χ2n) is 4.59. The average molecular weight is 278 g/mol. The summed E-state index contributed by atoms with van der Waals surface area (Å²) in [4.78, 5) is 4.17. The second-order valence-corrected chi connectivity index (χ2v) is 4.59. The molecule has 0 aliphatic rings. The van der Waals surface area contributed by atoms with Crippen LogP contribution in [0.5, 0.6) is 0 Å². The Morgan fingerprint density at radius 1 is 1.35 bits per heavy atom. The van der Waals surface area contributed by atoms with Crippen LogP contribution in [0.2, 0.25) is 0 Å². The normalized spacial score (nSPS) is 10.9. The fourth-order valence-electron chi connectivity index (χ4n) is 1.86. The zero-order valence-electron chi connectivity index (χ0n) is 11.8. The Morgan fingerprint density at radius 3 is 2.95 bits per heavy atom. The van der Waals surface area contributed by atoms with Gasteiger partial charge in [-0.15, -0.1) is 0 Å². The molecule has 2 aromatic rings. The quantitative estimate of drug-likeness (QED) is 0.791. The average Bonchev–Trinajstić information content (AvgIpc) is 2.87. The van der Waals surface area contributed by atoms with Crippen LogP contribution in [0.3, 0.4) is 0 Å². The fourth-order valence-corrected chi connectivity index (χ4v) is 1.86. The van der Waals surface area contributed by atoms with E-state index in [1.165, 1.54) is 6.07 Å². The third kappa shape index (κ3) is 3.88. The summed E-state index contributed by atoms with van der Waals surface area (Å²) in [6, 6.07) is 5.06. The molecular weight excluding hydrogens is 259 g/mol. The van der Waals surface area contributed by atoms with E-state index in [2.05, 4.69) is 10.3 Å². The lowest BCUT2D eigenvalue weighted by Crippen LogP contribution is -2.21. The molecular formula is C15H19FN2O2. The first-order valence-corrected chi connectivity index (χ1v) is 6.61. The lowest BCUT2D eigenvalue weighted by Gasteiger charge is -2.02. The summed E-state index contributed by atoms with van der Waals surface area (Å²) in [6.45, 7) is 4.06. The maximum atomic E-state index is 13.8. The van der Waals surface area contributed by atoms with Crippen LogP contribution in [-0.2, 0) is 11.2 Å². The third-order valence-electron chi connectivity index (χ3n) is 2.94. The number of hydrogen-bond donors (Lipinski definition) is 1. The molecule has 0 fully saturated rings. The maximum absolute atomic E-state index is 13.8. The van der Waals surface area contributed by atoms with Crippen molar-refractivity contribution in [1.29, 1.82) is 0 Å². The fraction of sp³-hybridized carbons (Fsp3) is 0.400. The minimum atomic E-state index is -0.286. The van der Waals surface area contributed by atoms with Gasteiger partial charge in [-0.25, -0.2) is 9.37 Å². The van der Waals surface area contributed by atoms with Crippen LogP contribution in [-0.4, -0.2) is 31.8 Å². The lowest BCUT2D eigenvalue weighted by molar-refractivity contribution is 0.199. The number of nitrogens with zero attached hydrogens (tertiary/aromatic N) is 1. The van der Waals surface area contributed by atoms with Crippen molar-refractivity contribution in [2.75, 3.05) is 26.8 Å². The molecule has 0 atom stereocenters. The predicted octanol–water partition coefficient (Wildman–Crippen LogP) is 2.57. The van der Waals surface area contributed by atoms with E-state index in [0.717, 1.165) is 18.7 Å². The van der Waals surface area contributed by atoms with E-state index in [1.54, 1.807) is 19.4 Å². The minimum absolute atomic E-state index is 0.286. The molecule has 0 bridgehead atoms. The molecule has 0 saturated heterocycles. The van der Waals surface area contributed by atoms with Gasteiger partial charge >= 0.3 is 0 Å². The summed E-state index contributed by atoms with van der Waals surface area (Å²) in [5, 5.41) is 3.20. The molecule has 108 valence electrons. The number of halogens is 1. The molecule has 1 aromatic carbocycles.